The lowest BCUT2D eigenvalue weighted by Gasteiger charge is -2.21. The van der Waals surface area contributed by atoms with Gasteiger partial charge in [0.2, 0.25) is 0 Å². The lowest BCUT2D eigenvalue weighted by Crippen LogP contribution is -2.34. The Kier molecular flexibility index (Phi) is 4.58. The number of nitrogen functional groups attached to an aromatic ring is 1. The lowest BCUT2D eigenvalue weighted by molar-refractivity contribution is 0.103. The van der Waals surface area contributed by atoms with E-state index in [1.165, 1.54) is 0 Å². The van der Waals surface area contributed by atoms with Crippen molar-refractivity contribution in [3.05, 3.63) is 12.5 Å². The number of hydrogen-bond donors (Lipinski definition) is 2. The summed E-state index contributed by atoms with van der Waals surface area (Å²) in [7, 11) is 0. The fourth-order valence-corrected chi connectivity index (χ4v) is 1.56. The minimum atomic E-state index is -0.376. The molecular weight excluding hydrogens is 192 g/mol. The van der Waals surface area contributed by atoms with Crippen molar-refractivity contribution in [3.63, 3.8) is 0 Å². The van der Waals surface area contributed by atoms with Crippen molar-refractivity contribution in [1.29, 1.82) is 0 Å². The molecule has 1 aromatic rings. The second-order valence-electron chi connectivity index (χ2n) is 3.64. The van der Waals surface area contributed by atoms with Crippen molar-refractivity contribution >= 4 is 5.82 Å². The molecular formula is C10H20N4O. The number of aliphatic hydroxyl groups excluding tert-OH is 1. The van der Waals surface area contributed by atoms with Gasteiger partial charge in [0.25, 0.3) is 0 Å². The average molecular weight is 212 g/mol. The molecule has 1 heterocycles. The van der Waals surface area contributed by atoms with Crippen molar-refractivity contribution in [2.75, 3.05) is 25.4 Å². The lowest BCUT2D eigenvalue weighted by atomic mass is 10.3. The normalized spacial score (nSPS) is 13.3. The highest BCUT2D eigenvalue weighted by Crippen LogP contribution is 2.00. The van der Waals surface area contributed by atoms with Crippen molar-refractivity contribution in [3.8, 4) is 0 Å². The van der Waals surface area contributed by atoms with Crippen LogP contribution in [0.1, 0.15) is 13.8 Å². The quantitative estimate of drug-likeness (QED) is 0.705. The summed E-state index contributed by atoms with van der Waals surface area (Å²) in [5.74, 6) is 0.491. The van der Waals surface area contributed by atoms with Crippen LogP contribution in [0.3, 0.4) is 0 Å². The molecule has 1 rings (SSSR count). The van der Waals surface area contributed by atoms with Gasteiger partial charge in [0, 0.05) is 12.7 Å². The van der Waals surface area contributed by atoms with Gasteiger partial charge in [-0.25, -0.2) is 4.98 Å². The molecule has 0 spiro atoms. The van der Waals surface area contributed by atoms with Gasteiger partial charge >= 0.3 is 0 Å². The maximum atomic E-state index is 9.81. The van der Waals surface area contributed by atoms with Gasteiger partial charge in [0.15, 0.2) is 0 Å². The van der Waals surface area contributed by atoms with Crippen molar-refractivity contribution in [2.45, 2.75) is 26.5 Å². The Bertz CT molecular complexity index is 283. The molecule has 0 amide bonds. The standard InChI is InChI=1S/C10H20N4O/c1-3-13(4-2)5-9(15)6-14-7-10(11)12-8-14/h7-9,15H,3-6,11H2,1-2H3. The van der Waals surface area contributed by atoms with E-state index < -0.39 is 0 Å². The molecule has 1 unspecified atom stereocenters. The Hall–Kier alpha value is -1.07. The number of likely N-dealkylation sites (N-methyl/N-ethyl adjacent to an activating group) is 1. The summed E-state index contributed by atoms with van der Waals surface area (Å²) in [5, 5.41) is 9.81. The minimum absolute atomic E-state index is 0.376. The van der Waals surface area contributed by atoms with E-state index >= 15 is 0 Å². The molecule has 0 aliphatic heterocycles. The first kappa shape index (κ1) is 12.0. The largest absolute Gasteiger partial charge is 0.390 e. The van der Waals surface area contributed by atoms with E-state index in [4.69, 9.17) is 5.73 Å². The van der Waals surface area contributed by atoms with Crippen LogP contribution >= 0.6 is 0 Å². The van der Waals surface area contributed by atoms with Crippen molar-refractivity contribution < 1.29 is 5.11 Å². The Morgan fingerprint density at radius 2 is 2.20 bits per heavy atom. The van der Waals surface area contributed by atoms with Crippen LogP contribution in [0.2, 0.25) is 0 Å². The number of anilines is 1. The van der Waals surface area contributed by atoms with Gasteiger partial charge in [-0.05, 0) is 13.1 Å². The predicted octanol–water partition coefficient (Wildman–Crippen LogP) is 0.168. The number of aromatic nitrogens is 2. The third kappa shape index (κ3) is 3.89. The van der Waals surface area contributed by atoms with E-state index in [1.807, 2.05) is 4.57 Å². The molecule has 15 heavy (non-hydrogen) atoms. The van der Waals surface area contributed by atoms with E-state index in [1.54, 1.807) is 12.5 Å². The van der Waals surface area contributed by atoms with Crippen LogP contribution in [-0.2, 0) is 6.54 Å². The molecule has 0 aromatic carbocycles. The van der Waals surface area contributed by atoms with Crippen LogP contribution in [0.15, 0.2) is 12.5 Å². The van der Waals surface area contributed by atoms with E-state index in [-0.39, 0.29) is 6.10 Å². The molecule has 0 aliphatic carbocycles. The van der Waals surface area contributed by atoms with E-state index in [9.17, 15) is 5.11 Å². The molecule has 1 aromatic heterocycles. The van der Waals surface area contributed by atoms with Crippen molar-refractivity contribution in [1.82, 2.24) is 14.5 Å². The number of nitrogens with two attached hydrogens (primary N) is 1. The molecule has 0 aliphatic rings. The number of aliphatic hydroxyl groups is 1. The Morgan fingerprint density at radius 3 is 2.67 bits per heavy atom. The number of hydrogen-bond acceptors (Lipinski definition) is 4. The summed E-state index contributed by atoms with van der Waals surface area (Å²) in [4.78, 5) is 6.09. The highest BCUT2D eigenvalue weighted by atomic mass is 16.3. The Morgan fingerprint density at radius 1 is 1.53 bits per heavy atom. The molecule has 3 N–H and O–H groups in total. The van der Waals surface area contributed by atoms with Crippen LogP contribution in [0, 0.1) is 0 Å². The molecule has 0 saturated carbocycles. The highest BCUT2D eigenvalue weighted by molar-refractivity contribution is 5.22. The van der Waals surface area contributed by atoms with Gasteiger partial charge in [0.05, 0.1) is 19.0 Å². The van der Waals surface area contributed by atoms with Gasteiger partial charge in [-0.15, -0.1) is 0 Å². The van der Waals surface area contributed by atoms with Crippen molar-refractivity contribution in [2.24, 2.45) is 0 Å². The predicted molar refractivity (Wildman–Crippen MR) is 60.4 cm³/mol. The van der Waals surface area contributed by atoms with Gasteiger partial charge in [-0.1, -0.05) is 13.8 Å². The summed E-state index contributed by atoms with van der Waals surface area (Å²) in [5.41, 5.74) is 5.48. The van der Waals surface area contributed by atoms with Crippen LogP contribution < -0.4 is 5.73 Å². The second-order valence-corrected chi connectivity index (χ2v) is 3.64. The SMILES string of the molecule is CCN(CC)CC(O)Cn1cnc(N)c1. The first-order valence-corrected chi connectivity index (χ1v) is 5.33. The van der Waals surface area contributed by atoms with Gasteiger partial charge in [-0.3, -0.25) is 0 Å². The first-order valence-electron chi connectivity index (χ1n) is 5.33. The average Bonchev–Trinajstić information content (AvgIpc) is 2.60. The molecule has 5 heteroatoms. The summed E-state index contributed by atoms with van der Waals surface area (Å²) in [6.07, 6.45) is 2.99. The topological polar surface area (TPSA) is 67.3 Å². The van der Waals surface area contributed by atoms with Gasteiger partial charge in [-0.2, -0.15) is 0 Å². The second kappa shape index (κ2) is 5.72. The zero-order valence-electron chi connectivity index (χ0n) is 9.43. The Labute approximate surface area is 90.5 Å². The summed E-state index contributed by atoms with van der Waals surface area (Å²) in [6, 6.07) is 0. The fourth-order valence-electron chi connectivity index (χ4n) is 1.56. The highest BCUT2D eigenvalue weighted by Gasteiger charge is 2.09. The Balaban J connectivity index is 2.38. The molecule has 1 atom stereocenters. The van der Waals surface area contributed by atoms with E-state index in [0.717, 1.165) is 13.1 Å². The summed E-state index contributed by atoms with van der Waals surface area (Å²) >= 11 is 0. The molecule has 86 valence electrons. The fraction of sp³-hybridized carbons (Fsp3) is 0.700. The smallest absolute Gasteiger partial charge is 0.141 e. The monoisotopic (exact) mass is 212 g/mol. The summed E-state index contributed by atoms with van der Waals surface area (Å²) < 4.78 is 1.81. The van der Waals surface area contributed by atoms with Crippen LogP contribution in [0.25, 0.3) is 0 Å². The number of rotatable bonds is 6. The maximum Gasteiger partial charge on any atom is 0.141 e. The summed E-state index contributed by atoms with van der Waals surface area (Å²) in [6.45, 7) is 7.32. The number of nitrogens with zero attached hydrogens (tertiary/aromatic N) is 3. The molecule has 0 bridgehead atoms. The first-order chi connectivity index (χ1) is 7.15. The van der Waals surface area contributed by atoms with Gasteiger partial charge < -0.3 is 20.3 Å². The van der Waals surface area contributed by atoms with E-state index in [2.05, 4.69) is 23.7 Å². The number of imidazole rings is 1. The van der Waals surface area contributed by atoms with Crippen LogP contribution in [-0.4, -0.2) is 45.3 Å². The van der Waals surface area contributed by atoms with Gasteiger partial charge in [0.1, 0.15) is 5.82 Å². The van der Waals surface area contributed by atoms with Crippen LogP contribution in [0.5, 0.6) is 0 Å². The maximum absolute atomic E-state index is 9.81. The van der Waals surface area contributed by atoms with Crippen LogP contribution in [0.4, 0.5) is 5.82 Å². The third-order valence-corrected chi connectivity index (χ3v) is 2.44. The molecule has 0 fully saturated rings. The molecule has 0 saturated heterocycles. The zero-order chi connectivity index (χ0) is 11.3. The molecule has 5 nitrogen and oxygen atoms in total. The zero-order valence-corrected chi connectivity index (χ0v) is 9.43. The van der Waals surface area contributed by atoms with E-state index in [0.29, 0.717) is 18.9 Å². The molecule has 0 radical (unpaired) electrons. The minimum Gasteiger partial charge on any atom is -0.390 e. The third-order valence-electron chi connectivity index (χ3n) is 2.44.